The monoisotopic (exact) mass is 164 g/mol. The second-order valence-electron chi connectivity index (χ2n) is 3.31. The fourth-order valence-electron chi connectivity index (χ4n) is 1.58. The van der Waals surface area contributed by atoms with E-state index in [1.54, 1.807) is 0 Å². The van der Waals surface area contributed by atoms with Crippen LogP contribution < -0.4 is 0 Å². The topological polar surface area (TPSA) is 17.1 Å². The van der Waals surface area contributed by atoms with E-state index in [0.717, 1.165) is 31.3 Å². The molecular weight excluding hydrogens is 148 g/mol. The van der Waals surface area contributed by atoms with Gasteiger partial charge in [-0.25, -0.2) is 0 Å². The minimum Gasteiger partial charge on any atom is -0.295 e. The number of rotatable bonds is 2. The summed E-state index contributed by atoms with van der Waals surface area (Å²) >= 11 is 0. The minimum absolute atomic E-state index is 0.358. The Labute approximate surface area is 74.2 Å². The van der Waals surface area contributed by atoms with Crippen LogP contribution in [0.1, 0.15) is 39.5 Å². The van der Waals surface area contributed by atoms with Crippen LogP contribution in [-0.4, -0.2) is 5.78 Å². The maximum Gasteiger partial charge on any atom is 0.159 e. The molecule has 1 rings (SSSR count). The normalized spacial score (nSPS) is 19.3. The van der Waals surface area contributed by atoms with E-state index >= 15 is 0 Å². The zero-order valence-corrected chi connectivity index (χ0v) is 7.89. The van der Waals surface area contributed by atoms with E-state index in [2.05, 4.69) is 13.0 Å². The molecule has 0 saturated carbocycles. The molecule has 0 amide bonds. The van der Waals surface area contributed by atoms with Gasteiger partial charge in [0.1, 0.15) is 0 Å². The molecule has 0 saturated heterocycles. The van der Waals surface area contributed by atoms with Crippen molar-refractivity contribution < 1.29 is 4.79 Å². The molecule has 1 aliphatic carbocycles. The van der Waals surface area contributed by atoms with Gasteiger partial charge in [0.15, 0.2) is 5.78 Å². The summed E-state index contributed by atoms with van der Waals surface area (Å²) in [7, 11) is 0. The maximum absolute atomic E-state index is 11.4. The molecule has 1 heteroatoms. The highest BCUT2D eigenvalue weighted by atomic mass is 16.1. The van der Waals surface area contributed by atoms with Crippen molar-refractivity contribution in [2.75, 3.05) is 0 Å². The lowest BCUT2D eigenvalue weighted by Gasteiger charge is -2.14. The lowest BCUT2D eigenvalue weighted by atomic mass is 9.90. The summed E-state index contributed by atoms with van der Waals surface area (Å²) in [4.78, 5) is 11.4. The Balaban J connectivity index is 2.74. The van der Waals surface area contributed by atoms with Crippen molar-refractivity contribution in [3.63, 3.8) is 0 Å². The van der Waals surface area contributed by atoms with Crippen molar-refractivity contribution in [3.05, 3.63) is 23.3 Å². The van der Waals surface area contributed by atoms with Gasteiger partial charge < -0.3 is 0 Å². The van der Waals surface area contributed by atoms with E-state index in [0.29, 0.717) is 5.78 Å². The number of allylic oxidation sites excluding steroid dienone is 4. The van der Waals surface area contributed by atoms with Crippen LogP contribution in [0.25, 0.3) is 0 Å². The molecule has 0 N–H and O–H groups in total. The molecule has 0 heterocycles. The van der Waals surface area contributed by atoms with Crippen molar-refractivity contribution >= 4 is 5.78 Å². The number of carbonyl (C=O) groups excluding carboxylic acids is 1. The molecule has 12 heavy (non-hydrogen) atoms. The van der Waals surface area contributed by atoms with Crippen molar-refractivity contribution in [3.8, 4) is 0 Å². The first-order valence-electron chi connectivity index (χ1n) is 4.58. The van der Waals surface area contributed by atoms with Gasteiger partial charge in [-0.2, -0.15) is 0 Å². The van der Waals surface area contributed by atoms with Crippen molar-refractivity contribution in [1.82, 2.24) is 0 Å². The van der Waals surface area contributed by atoms with Crippen molar-refractivity contribution in [2.45, 2.75) is 39.5 Å². The Morgan fingerprint density at radius 1 is 1.42 bits per heavy atom. The third kappa shape index (κ3) is 2.07. The smallest absolute Gasteiger partial charge is 0.159 e. The molecule has 0 spiro atoms. The summed E-state index contributed by atoms with van der Waals surface area (Å²) < 4.78 is 0. The first-order valence-corrected chi connectivity index (χ1v) is 4.58. The highest BCUT2D eigenvalue weighted by Gasteiger charge is 2.15. The number of Topliss-reactive ketones (excluding diaryl/α,β-unsaturated/α-hetero) is 1. The van der Waals surface area contributed by atoms with Gasteiger partial charge in [-0.05, 0) is 38.7 Å². The average Bonchev–Trinajstić information content (AvgIpc) is 2.04. The summed E-state index contributed by atoms with van der Waals surface area (Å²) in [5.74, 6) is 0.358. The Bertz CT molecular complexity index is 233. The Morgan fingerprint density at radius 3 is 2.75 bits per heavy atom. The van der Waals surface area contributed by atoms with Gasteiger partial charge in [-0.15, -0.1) is 0 Å². The fraction of sp³-hybridized carbons (Fsp3) is 0.545. The molecule has 0 bridgehead atoms. The lowest BCUT2D eigenvalue weighted by molar-refractivity contribution is -0.116. The van der Waals surface area contributed by atoms with Crippen LogP contribution >= 0.6 is 0 Å². The van der Waals surface area contributed by atoms with E-state index in [1.807, 2.05) is 13.0 Å². The maximum atomic E-state index is 11.4. The zero-order chi connectivity index (χ0) is 8.97. The van der Waals surface area contributed by atoms with Gasteiger partial charge in [-0.3, -0.25) is 4.79 Å². The third-order valence-corrected chi connectivity index (χ3v) is 2.37. The molecule has 1 nitrogen and oxygen atoms in total. The fourth-order valence-corrected chi connectivity index (χ4v) is 1.58. The predicted octanol–water partition coefficient (Wildman–Crippen LogP) is 3.02. The van der Waals surface area contributed by atoms with Gasteiger partial charge in [0, 0.05) is 6.42 Å². The Morgan fingerprint density at radius 2 is 2.17 bits per heavy atom. The molecule has 0 aromatic carbocycles. The van der Waals surface area contributed by atoms with Crippen LogP contribution in [0.2, 0.25) is 0 Å². The number of carbonyl (C=O) groups is 1. The number of ketones is 1. The van der Waals surface area contributed by atoms with E-state index in [1.165, 1.54) is 5.57 Å². The predicted molar refractivity (Wildman–Crippen MR) is 51.0 cm³/mol. The summed E-state index contributed by atoms with van der Waals surface area (Å²) in [6.45, 7) is 4.07. The Kier molecular flexibility index (Phi) is 3.27. The van der Waals surface area contributed by atoms with Gasteiger partial charge in [0.2, 0.25) is 0 Å². The van der Waals surface area contributed by atoms with E-state index in [9.17, 15) is 4.79 Å². The summed E-state index contributed by atoms with van der Waals surface area (Å²) in [5.41, 5.74) is 2.35. The van der Waals surface area contributed by atoms with Crippen LogP contribution in [0.3, 0.4) is 0 Å². The van der Waals surface area contributed by atoms with Gasteiger partial charge in [0.05, 0.1) is 0 Å². The minimum atomic E-state index is 0.358. The van der Waals surface area contributed by atoms with Gasteiger partial charge in [0.25, 0.3) is 0 Å². The molecular formula is C11H16O. The third-order valence-electron chi connectivity index (χ3n) is 2.37. The summed E-state index contributed by atoms with van der Waals surface area (Å²) in [6.07, 6.45) is 7.80. The molecule has 0 aromatic heterocycles. The van der Waals surface area contributed by atoms with Crippen molar-refractivity contribution in [1.29, 1.82) is 0 Å². The van der Waals surface area contributed by atoms with Crippen LogP contribution in [0.5, 0.6) is 0 Å². The first-order chi connectivity index (χ1) is 5.75. The molecule has 0 unspecified atom stereocenters. The zero-order valence-electron chi connectivity index (χ0n) is 7.89. The molecule has 1 aliphatic rings. The first kappa shape index (κ1) is 9.24. The quantitative estimate of drug-likeness (QED) is 0.573. The molecule has 0 radical (unpaired) electrons. The van der Waals surface area contributed by atoms with E-state index < -0.39 is 0 Å². The second kappa shape index (κ2) is 4.24. The summed E-state index contributed by atoms with van der Waals surface area (Å²) in [5, 5.41) is 0. The molecule has 0 aliphatic heterocycles. The van der Waals surface area contributed by atoms with Crippen molar-refractivity contribution in [2.24, 2.45) is 0 Å². The molecule has 0 atom stereocenters. The number of hydrogen-bond acceptors (Lipinski definition) is 1. The van der Waals surface area contributed by atoms with Gasteiger partial charge >= 0.3 is 0 Å². The highest BCUT2D eigenvalue weighted by molar-refractivity contribution is 5.97. The van der Waals surface area contributed by atoms with E-state index in [4.69, 9.17) is 0 Å². The lowest BCUT2D eigenvalue weighted by Crippen LogP contribution is -2.09. The molecule has 0 fully saturated rings. The largest absolute Gasteiger partial charge is 0.295 e. The standard InChI is InChI=1S/C11H16O/c1-3-4-7-10-9(2)6-5-8-11(10)12/h3-4H,5-8H2,1-2H3/b4-3+. The van der Waals surface area contributed by atoms with Crippen LogP contribution in [0.15, 0.2) is 23.3 Å². The second-order valence-corrected chi connectivity index (χ2v) is 3.31. The van der Waals surface area contributed by atoms with Crippen LogP contribution in [0, 0.1) is 0 Å². The molecule has 0 aromatic rings. The number of hydrogen-bond donors (Lipinski definition) is 0. The van der Waals surface area contributed by atoms with E-state index in [-0.39, 0.29) is 0 Å². The SMILES string of the molecule is C/C=C/CC1=C(C)CCCC1=O. The summed E-state index contributed by atoms with van der Waals surface area (Å²) in [6, 6.07) is 0. The average molecular weight is 164 g/mol. The Hall–Kier alpha value is -0.850. The van der Waals surface area contributed by atoms with Gasteiger partial charge in [-0.1, -0.05) is 17.7 Å². The van der Waals surface area contributed by atoms with Crippen LogP contribution in [0.4, 0.5) is 0 Å². The highest BCUT2D eigenvalue weighted by Crippen LogP contribution is 2.23. The molecule has 66 valence electrons. The van der Waals surface area contributed by atoms with Crippen LogP contribution in [-0.2, 0) is 4.79 Å².